The molecule has 57 heavy (non-hydrogen) atoms. The molecule has 0 aliphatic carbocycles. The molecule has 3 aromatic carbocycles. The van der Waals surface area contributed by atoms with E-state index in [9.17, 15) is 14.7 Å². The highest BCUT2D eigenvalue weighted by atomic mass is 35.5. The fraction of sp³-hybridized carbons (Fsp3) is 0.349. The summed E-state index contributed by atoms with van der Waals surface area (Å²) in [7, 11) is 3.18. The minimum Gasteiger partial charge on any atom is -0.496 e. The molecule has 6 rings (SSSR count). The maximum atomic E-state index is 13.3. The van der Waals surface area contributed by atoms with Gasteiger partial charge < -0.3 is 30.0 Å². The van der Waals surface area contributed by atoms with Gasteiger partial charge in [-0.3, -0.25) is 14.7 Å². The molecule has 11 nitrogen and oxygen atoms in total. The average molecular weight is 835 g/mol. The van der Waals surface area contributed by atoms with E-state index in [4.69, 9.17) is 54.0 Å². The Morgan fingerprint density at radius 1 is 1.00 bits per heavy atom. The summed E-state index contributed by atoms with van der Waals surface area (Å²) in [6.07, 6.45) is 1.76. The van der Waals surface area contributed by atoms with Crippen molar-refractivity contribution in [1.29, 1.82) is 0 Å². The summed E-state index contributed by atoms with van der Waals surface area (Å²) < 4.78 is 17.2. The zero-order valence-electron chi connectivity index (χ0n) is 32.7. The van der Waals surface area contributed by atoms with Crippen LogP contribution in [0.2, 0.25) is 15.1 Å². The second-order valence-corrected chi connectivity index (χ2v) is 16.1. The highest BCUT2D eigenvalue weighted by Gasteiger charge is 2.31. The Morgan fingerprint density at radius 3 is 2.44 bits per heavy atom. The van der Waals surface area contributed by atoms with Gasteiger partial charge in [0.05, 0.1) is 64.9 Å². The molecular formula is C43H46Cl3N5O6. The van der Waals surface area contributed by atoms with Crippen molar-refractivity contribution >= 4 is 57.7 Å². The summed E-state index contributed by atoms with van der Waals surface area (Å²) in [5.74, 6) is 1.15. The molecule has 0 saturated carbocycles. The predicted octanol–water partition coefficient (Wildman–Crippen LogP) is 9.09. The molecule has 3 heterocycles. The lowest BCUT2D eigenvalue weighted by Gasteiger charge is -2.35. The molecule has 14 heteroatoms. The SMILES string of the molecule is COc1cc(-c2nccc(-c3cccc(-c4ccc5c(OC)c(CNC[C@H](C)O)cc(Cl)c5n4)c3Cl)c2Cl)ccc1CN(C(=O)OC[C@@H]1CCC(=O)N1)C(C)(C)C. The van der Waals surface area contributed by atoms with Gasteiger partial charge in [-0.15, -0.1) is 0 Å². The van der Waals surface area contributed by atoms with Gasteiger partial charge in [-0.05, 0) is 64.4 Å². The van der Waals surface area contributed by atoms with E-state index in [1.54, 1.807) is 32.2 Å². The zero-order valence-corrected chi connectivity index (χ0v) is 35.0. The Kier molecular flexibility index (Phi) is 13.2. The standard InChI is InChI=1S/C43H46Cl3N5O6/c1-24(52)20-47-21-27-18-33(44)40-32(41(27)56-6)13-14-34(50-40)31-9-7-8-29(37(31)45)30-16-17-48-39(38(30)46)25-10-11-26(35(19-25)55-5)22-51(43(2,3)4)42(54)57-23-28-12-15-36(53)49-28/h7-11,13-14,16-19,24,28,47,52H,12,15,20-23H2,1-6H3,(H,49,53)/t24-,28-/m0/s1. The predicted molar refractivity (Wildman–Crippen MR) is 225 cm³/mol. The Balaban J connectivity index is 1.28. The number of hydrogen-bond donors (Lipinski definition) is 3. The van der Waals surface area contributed by atoms with E-state index in [2.05, 4.69) is 15.6 Å². The molecule has 2 atom stereocenters. The van der Waals surface area contributed by atoms with Gasteiger partial charge in [0.25, 0.3) is 0 Å². The minimum absolute atomic E-state index is 0.0367. The van der Waals surface area contributed by atoms with Gasteiger partial charge in [0.1, 0.15) is 18.1 Å². The number of fused-ring (bicyclic) bond motifs is 1. The lowest BCUT2D eigenvalue weighted by molar-refractivity contribution is -0.119. The van der Waals surface area contributed by atoms with Gasteiger partial charge in [0, 0.05) is 70.0 Å². The fourth-order valence-corrected chi connectivity index (χ4v) is 7.76. The number of carbonyl (C=O) groups is 2. The zero-order chi connectivity index (χ0) is 41.0. The number of ether oxygens (including phenoxy) is 3. The van der Waals surface area contributed by atoms with Crippen LogP contribution in [-0.2, 0) is 22.6 Å². The van der Waals surface area contributed by atoms with E-state index in [-0.39, 0.29) is 25.1 Å². The number of methoxy groups -OCH3 is 2. The Labute approximate surface area is 347 Å². The van der Waals surface area contributed by atoms with Gasteiger partial charge in [0.2, 0.25) is 5.91 Å². The number of pyridine rings is 2. The number of rotatable bonds is 13. The van der Waals surface area contributed by atoms with Crippen LogP contribution in [0, 0.1) is 0 Å². The topological polar surface area (TPSA) is 135 Å². The van der Waals surface area contributed by atoms with Crippen molar-refractivity contribution in [2.45, 2.75) is 71.3 Å². The molecule has 3 N–H and O–H groups in total. The largest absolute Gasteiger partial charge is 0.496 e. The third kappa shape index (κ3) is 9.40. The number of aliphatic hydroxyl groups excluding tert-OH is 1. The van der Waals surface area contributed by atoms with Gasteiger partial charge >= 0.3 is 6.09 Å². The van der Waals surface area contributed by atoms with Crippen molar-refractivity contribution in [2.24, 2.45) is 0 Å². The first-order chi connectivity index (χ1) is 27.2. The molecule has 1 saturated heterocycles. The van der Waals surface area contributed by atoms with Crippen LogP contribution in [0.25, 0.3) is 44.5 Å². The Bertz CT molecular complexity index is 2300. The molecule has 5 aromatic rings. The van der Waals surface area contributed by atoms with Crippen LogP contribution in [0.5, 0.6) is 11.5 Å². The highest BCUT2D eigenvalue weighted by Crippen LogP contribution is 2.43. The number of nitrogens with one attached hydrogen (secondary N) is 2. The molecular weight excluding hydrogens is 789 g/mol. The van der Waals surface area contributed by atoms with Crippen LogP contribution in [0.15, 0.2) is 66.9 Å². The van der Waals surface area contributed by atoms with Gasteiger partial charge in [-0.25, -0.2) is 9.78 Å². The molecule has 2 aromatic heterocycles. The van der Waals surface area contributed by atoms with Gasteiger partial charge in [-0.2, -0.15) is 0 Å². The molecule has 0 radical (unpaired) electrons. The van der Waals surface area contributed by atoms with E-state index in [0.29, 0.717) is 91.7 Å². The van der Waals surface area contributed by atoms with Crippen LogP contribution >= 0.6 is 34.8 Å². The summed E-state index contributed by atoms with van der Waals surface area (Å²) in [6.45, 7) is 8.72. The van der Waals surface area contributed by atoms with E-state index < -0.39 is 17.7 Å². The smallest absolute Gasteiger partial charge is 0.410 e. The minimum atomic E-state index is -0.574. The molecule has 0 unspecified atom stereocenters. The summed E-state index contributed by atoms with van der Waals surface area (Å²) in [6, 6.07) is 18.5. The van der Waals surface area contributed by atoms with Crippen LogP contribution in [0.3, 0.4) is 0 Å². The third-order valence-corrected chi connectivity index (χ3v) is 10.9. The Hall–Kier alpha value is -4.65. The number of aliphatic hydroxyl groups is 1. The molecule has 1 aliphatic rings. The third-order valence-electron chi connectivity index (χ3n) is 9.78. The quantitative estimate of drug-likeness (QED) is 0.106. The van der Waals surface area contributed by atoms with Crippen molar-refractivity contribution in [3.63, 3.8) is 0 Å². The van der Waals surface area contributed by atoms with Crippen LogP contribution in [0.4, 0.5) is 4.79 Å². The summed E-state index contributed by atoms with van der Waals surface area (Å²) in [5, 5.41) is 17.8. The van der Waals surface area contributed by atoms with E-state index >= 15 is 0 Å². The molecule has 2 amide bonds. The number of halogens is 3. The van der Waals surface area contributed by atoms with Gasteiger partial charge in [0.15, 0.2) is 0 Å². The number of aromatic nitrogens is 2. The number of amides is 2. The van der Waals surface area contributed by atoms with E-state index in [1.165, 1.54) is 0 Å². The van der Waals surface area contributed by atoms with E-state index in [0.717, 1.165) is 16.5 Å². The first-order valence-electron chi connectivity index (χ1n) is 18.6. The molecule has 0 bridgehead atoms. The maximum absolute atomic E-state index is 13.3. The number of nitrogens with zero attached hydrogens (tertiary/aromatic N) is 3. The fourth-order valence-electron chi connectivity index (χ4n) is 6.83. The van der Waals surface area contributed by atoms with Crippen molar-refractivity contribution < 1.29 is 28.9 Å². The van der Waals surface area contributed by atoms with Gasteiger partial charge in [-0.1, -0.05) is 65.1 Å². The number of benzene rings is 3. The molecule has 1 aliphatic heterocycles. The normalized spacial score (nSPS) is 14.7. The Morgan fingerprint density at radius 2 is 1.75 bits per heavy atom. The second kappa shape index (κ2) is 17.9. The van der Waals surface area contributed by atoms with Crippen LogP contribution in [-0.4, -0.2) is 77.0 Å². The van der Waals surface area contributed by atoms with Crippen molar-refractivity contribution in [2.75, 3.05) is 27.4 Å². The van der Waals surface area contributed by atoms with Crippen molar-refractivity contribution in [3.8, 4) is 45.1 Å². The molecule has 1 fully saturated rings. The van der Waals surface area contributed by atoms with E-state index in [1.807, 2.05) is 81.4 Å². The van der Waals surface area contributed by atoms with Crippen LogP contribution < -0.4 is 20.1 Å². The molecule has 0 spiro atoms. The molecule has 300 valence electrons. The monoisotopic (exact) mass is 833 g/mol. The lowest BCUT2D eigenvalue weighted by Crippen LogP contribution is -2.46. The lowest BCUT2D eigenvalue weighted by atomic mass is 9.98. The number of carbonyl (C=O) groups excluding carboxylic acids is 2. The van der Waals surface area contributed by atoms with Crippen molar-refractivity contribution in [1.82, 2.24) is 25.5 Å². The first-order valence-corrected chi connectivity index (χ1v) is 19.7. The summed E-state index contributed by atoms with van der Waals surface area (Å²) in [5.41, 5.74) is 5.48. The summed E-state index contributed by atoms with van der Waals surface area (Å²) in [4.78, 5) is 36.1. The first kappa shape index (κ1) is 42.0. The summed E-state index contributed by atoms with van der Waals surface area (Å²) >= 11 is 21.1. The average Bonchev–Trinajstić information content (AvgIpc) is 3.60. The highest BCUT2D eigenvalue weighted by molar-refractivity contribution is 6.39. The van der Waals surface area contributed by atoms with Crippen molar-refractivity contribution in [3.05, 3.63) is 93.1 Å². The second-order valence-electron chi connectivity index (χ2n) is 15.0. The van der Waals surface area contributed by atoms with Crippen LogP contribution in [0.1, 0.15) is 51.7 Å². The maximum Gasteiger partial charge on any atom is 0.410 e. The number of hydrogen-bond acceptors (Lipinski definition) is 9.